The highest BCUT2D eigenvalue weighted by atomic mass is 35.5. The second kappa shape index (κ2) is 6.02. The number of halogens is 1. The van der Waals surface area contributed by atoms with Crippen molar-refractivity contribution in [1.82, 2.24) is 25.8 Å². The molecule has 0 bridgehead atoms. The van der Waals surface area contributed by atoms with Crippen molar-refractivity contribution < 1.29 is 4.79 Å². The van der Waals surface area contributed by atoms with Gasteiger partial charge in [0, 0.05) is 0 Å². The van der Waals surface area contributed by atoms with Crippen LogP contribution in [0.3, 0.4) is 0 Å². The van der Waals surface area contributed by atoms with Gasteiger partial charge in [-0.3, -0.25) is 14.8 Å². The summed E-state index contributed by atoms with van der Waals surface area (Å²) in [5, 5.41) is 7.69. The third-order valence-electron chi connectivity index (χ3n) is 2.26. The monoisotopic (exact) mass is 297 g/mol. The van der Waals surface area contributed by atoms with E-state index in [0.29, 0.717) is 13.1 Å². The maximum atomic E-state index is 11.8. The van der Waals surface area contributed by atoms with Gasteiger partial charge < -0.3 is 16.8 Å². The lowest BCUT2D eigenvalue weighted by atomic mass is 10.4. The van der Waals surface area contributed by atoms with E-state index >= 15 is 0 Å². The highest BCUT2D eigenvalue weighted by molar-refractivity contribution is 6.31. The molecule has 1 aromatic rings. The normalized spacial score (nSPS) is 13.9. The van der Waals surface area contributed by atoms with Gasteiger partial charge in [-0.1, -0.05) is 11.6 Å². The van der Waals surface area contributed by atoms with Gasteiger partial charge in [0.15, 0.2) is 22.5 Å². The van der Waals surface area contributed by atoms with Crippen molar-refractivity contribution >= 4 is 41.8 Å². The number of hydrazone groups is 1. The number of nitrogens with two attached hydrogens (primary N) is 2. The number of anilines is 2. The van der Waals surface area contributed by atoms with Crippen LogP contribution in [0.4, 0.5) is 11.6 Å². The molecule has 0 unspecified atom stereocenters. The molecule has 0 aliphatic carbocycles. The van der Waals surface area contributed by atoms with Crippen molar-refractivity contribution in [2.45, 2.75) is 0 Å². The minimum Gasteiger partial charge on any atom is -0.382 e. The average Bonchev–Trinajstić information content (AvgIpc) is 2.92. The van der Waals surface area contributed by atoms with Crippen LogP contribution in [0, 0.1) is 0 Å². The number of nitrogen functional groups attached to an aromatic ring is 2. The van der Waals surface area contributed by atoms with Crippen LogP contribution in [0.1, 0.15) is 10.5 Å². The Kier molecular flexibility index (Phi) is 4.15. The van der Waals surface area contributed by atoms with Crippen LogP contribution in [-0.2, 0) is 0 Å². The summed E-state index contributed by atoms with van der Waals surface area (Å²) in [6.07, 6.45) is 2.75. The van der Waals surface area contributed by atoms with Crippen LogP contribution in [-0.4, -0.2) is 46.7 Å². The first-order valence-electron chi connectivity index (χ1n) is 5.51. The van der Waals surface area contributed by atoms with Gasteiger partial charge in [-0.25, -0.2) is 15.5 Å². The molecule has 2 rings (SSSR count). The number of rotatable bonds is 4. The molecule has 0 saturated heterocycles. The molecule has 2 heterocycles. The Morgan fingerprint density at radius 3 is 2.95 bits per heavy atom. The molecule has 1 aliphatic rings. The van der Waals surface area contributed by atoms with Crippen molar-refractivity contribution in [3.63, 3.8) is 0 Å². The number of hydrazine groups is 1. The summed E-state index contributed by atoms with van der Waals surface area (Å²) in [5.41, 5.74) is 13.5. The molecule has 11 heteroatoms. The zero-order chi connectivity index (χ0) is 14.5. The van der Waals surface area contributed by atoms with Gasteiger partial charge in [0.2, 0.25) is 0 Å². The molecule has 0 atom stereocenters. The summed E-state index contributed by atoms with van der Waals surface area (Å²) in [6, 6.07) is 0. The summed E-state index contributed by atoms with van der Waals surface area (Å²) >= 11 is 5.68. The van der Waals surface area contributed by atoms with Crippen LogP contribution < -0.4 is 22.3 Å². The van der Waals surface area contributed by atoms with Gasteiger partial charge in [0.25, 0.3) is 5.91 Å². The van der Waals surface area contributed by atoms with E-state index in [1.165, 1.54) is 0 Å². The van der Waals surface area contributed by atoms with Gasteiger partial charge in [-0.05, 0) is 0 Å². The molecular weight excluding hydrogens is 286 g/mol. The second-order valence-corrected chi connectivity index (χ2v) is 4.04. The molecule has 0 fully saturated rings. The SMILES string of the molecule is Nc1nc(N)c(C(=O)NC=NNN2C=NCC2)nc1Cl. The standard InChI is InChI=1S/C9H12ClN9O/c10-6-8(12)17-7(11)5(16-6)9(20)14-3-15-18-19-2-1-13-4-19/h3-4,18H,1-2H2,(H4,11,12,17)(H,14,15,20). The van der Waals surface area contributed by atoms with E-state index in [1.807, 2.05) is 0 Å². The summed E-state index contributed by atoms with van der Waals surface area (Å²) in [4.78, 5) is 23.2. The third kappa shape index (κ3) is 3.23. The number of hydrogen-bond donors (Lipinski definition) is 4. The van der Waals surface area contributed by atoms with Crippen molar-refractivity contribution in [3.8, 4) is 0 Å². The molecule has 1 aliphatic heterocycles. The molecule has 6 N–H and O–H groups in total. The number of hydrogen-bond acceptors (Lipinski definition) is 9. The van der Waals surface area contributed by atoms with E-state index in [2.05, 4.69) is 30.9 Å². The van der Waals surface area contributed by atoms with Crippen LogP contribution in [0.15, 0.2) is 10.1 Å². The van der Waals surface area contributed by atoms with E-state index < -0.39 is 5.91 Å². The van der Waals surface area contributed by atoms with Gasteiger partial charge in [-0.15, -0.1) is 5.10 Å². The van der Waals surface area contributed by atoms with Crippen molar-refractivity contribution in [2.24, 2.45) is 10.1 Å². The average molecular weight is 298 g/mol. The lowest BCUT2D eigenvalue weighted by Crippen LogP contribution is -2.33. The smallest absolute Gasteiger partial charge is 0.278 e. The summed E-state index contributed by atoms with van der Waals surface area (Å²) < 4.78 is 0. The van der Waals surface area contributed by atoms with Crippen LogP contribution in [0.25, 0.3) is 0 Å². The predicted octanol–water partition coefficient (Wildman–Crippen LogP) is -1.18. The first kappa shape index (κ1) is 13.8. The van der Waals surface area contributed by atoms with Gasteiger partial charge in [0.1, 0.15) is 12.7 Å². The molecule has 20 heavy (non-hydrogen) atoms. The number of nitrogens with one attached hydrogen (secondary N) is 2. The number of carbonyl (C=O) groups excluding carboxylic acids is 1. The fraction of sp³-hybridized carbons (Fsp3) is 0.222. The van der Waals surface area contributed by atoms with Crippen LogP contribution >= 0.6 is 11.6 Å². The summed E-state index contributed by atoms with van der Waals surface area (Å²) in [5.74, 6) is -0.751. The number of carbonyl (C=O) groups is 1. The summed E-state index contributed by atoms with van der Waals surface area (Å²) in [6.45, 7) is 1.40. The zero-order valence-corrected chi connectivity index (χ0v) is 11.0. The number of nitrogens with zero attached hydrogens (tertiary/aromatic N) is 5. The highest BCUT2D eigenvalue weighted by Crippen LogP contribution is 2.16. The zero-order valence-electron chi connectivity index (χ0n) is 10.2. The van der Waals surface area contributed by atoms with Gasteiger partial charge >= 0.3 is 0 Å². The Balaban J connectivity index is 1.93. The molecule has 0 spiro atoms. The Morgan fingerprint density at radius 2 is 2.25 bits per heavy atom. The van der Waals surface area contributed by atoms with Gasteiger partial charge in [0.05, 0.1) is 13.1 Å². The van der Waals surface area contributed by atoms with Crippen molar-refractivity contribution in [2.75, 3.05) is 24.6 Å². The van der Waals surface area contributed by atoms with E-state index in [-0.39, 0.29) is 22.5 Å². The Labute approximate surface area is 118 Å². The molecule has 1 amide bonds. The molecule has 0 radical (unpaired) electrons. The molecule has 1 aromatic heterocycles. The second-order valence-electron chi connectivity index (χ2n) is 3.68. The molecule has 0 saturated carbocycles. The first-order chi connectivity index (χ1) is 9.58. The predicted molar refractivity (Wildman–Crippen MR) is 75.0 cm³/mol. The minimum absolute atomic E-state index is 0.0376. The quantitative estimate of drug-likeness (QED) is 0.310. The maximum absolute atomic E-state index is 11.8. The van der Waals surface area contributed by atoms with E-state index in [9.17, 15) is 4.79 Å². The molecule has 106 valence electrons. The van der Waals surface area contributed by atoms with E-state index in [0.717, 1.165) is 6.34 Å². The first-order valence-corrected chi connectivity index (χ1v) is 5.89. The van der Waals surface area contributed by atoms with Gasteiger partial charge in [-0.2, -0.15) is 0 Å². The topological polar surface area (TPSA) is 147 Å². The number of amides is 1. The van der Waals surface area contributed by atoms with Crippen LogP contribution in [0.5, 0.6) is 0 Å². The minimum atomic E-state index is -0.600. The Bertz CT molecular complexity index is 573. The number of aliphatic imine (C=N–C) groups is 1. The molecule has 10 nitrogen and oxygen atoms in total. The molecular formula is C9H12ClN9O. The summed E-state index contributed by atoms with van der Waals surface area (Å²) in [7, 11) is 0. The lowest BCUT2D eigenvalue weighted by molar-refractivity contribution is 0.0974. The Morgan fingerprint density at radius 1 is 1.45 bits per heavy atom. The number of aromatic nitrogens is 2. The fourth-order valence-corrected chi connectivity index (χ4v) is 1.45. The Hall–Kier alpha value is -2.62. The van der Waals surface area contributed by atoms with Crippen LogP contribution in [0.2, 0.25) is 5.15 Å². The third-order valence-corrected chi connectivity index (χ3v) is 2.54. The molecule has 0 aromatic carbocycles. The van der Waals surface area contributed by atoms with Crippen molar-refractivity contribution in [3.05, 3.63) is 10.8 Å². The van der Waals surface area contributed by atoms with E-state index in [1.54, 1.807) is 11.3 Å². The highest BCUT2D eigenvalue weighted by Gasteiger charge is 2.14. The maximum Gasteiger partial charge on any atom is 0.278 e. The van der Waals surface area contributed by atoms with E-state index in [4.69, 9.17) is 23.1 Å². The lowest BCUT2D eigenvalue weighted by Gasteiger charge is -2.11. The largest absolute Gasteiger partial charge is 0.382 e. The van der Waals surface area contributed by atoms with Crippen molar-refractivity contribution in [1.29, 1.82) is 0 Å². The fourth-order valence-electron chi connectivity index (χ4n) is 1.33.